The minimum Gasteiger partial charge on any atom is -0.462 e. The molecule has 3 amide bonds. The zero-order valence-electron chi connectivity index (χ0n) is 21.2. The molecule has 9 nitrogen and oxygen atoms in total. The highest BCUT2D eigenvalue weighted by atomic mass is 35.5. The van der Waals surface area contributed by atoms with Crippen molar-refractivity contribution in [2.24, 2.45) is 0 Å². The first-order valence-corrected chi connectivity index (χ1v) is 13.6. The number of anilines is 1. The minimum atomic E-state index is -1.48. The van der Waals surface area contributed by atoms with Crippen molar-refractivity contribution in [1.82, 2.24) is 4.90 Å². The quantitative estimate of drug-likeness (QED) is 0.135. The molecule has 0 bridgehead atoms. The van der Waals surface area contributed by atoms with E-state index in [1.165, 1.54) is 24.3 Å². The van der Waals surface area contributed by atoms with Crippen LogP contribution in [0.2, 0.25) is 20.1 Å². The van der Waals surface area contributed by atoms with Crippen molar-refractivity contribution in [2.75, 3.05) is 18.5 Å². The fourth-order valence-electron chi connectivity index (χ4n) is 4.10. The summed E-state index contributed by atoms with van der Waals surface area (Å²) in [6, 6.07) is 13.0. The summed E-state index contributed by atoms with van der Waals surface area (Å²) in [7, 11) is 0. The van der Waals surface area contributed by atoms with Gasteiger partial charge in [0.05, 0.1) is 43.4 Å². The summed E-state index contributed by atoms with van der Waals surface area (Å²) in [6.45, 7) is 1.17. The molecule has 1 aliphatic rings. The molecule has 1 atom stereocenters. The molecule has 212 valence electrons. The van der Waals surface area contributed by atoms with Crippen LogP contribution in [0, 0.1) is 0 Å². The van der Waals surface area contributed by atoms with E-state index in [1.54, 1.807) is 37.3 Å². The van der Waals surface area contributed by atoms with E-state index in [4.69, 9.17) is 55.9 Å². The Hall–Kier alpha value is -3.63. The number of fused-ring (bicyclic) bond motifs is 1. The Labute approximate surface area is 254 Å². The standard InChI is InChI=1S/C28H20Cl4N2O7/c1-2-40-27(38)15-8-10-16(11-9-15)33-18(35)13-41-28(39)17(12-14-6-4-3-5-7-14)34-25(36)19-20(26(34)37)22(30)24(32)23(31)21(19)29/h3-11,17H,2,12-13H2,1H3,(H,33,35). The second kappa shape index (κ2) is 12.9. The van der Waals surface area contributed by atoms with Gasteiger partial charge >= 0.3 is 11.9 Å². The summed E-state index contributed by atoms with van der Waals surface area (Å²) in [5.74, 6) is -4.07. The van der Waals surface area contributed by atoms with Gasteiger partial charge in [0.25, 0.3) is 17.7 Å². The number of nitrogens with one attached hydrogen (secondary N) is 1. The third-order valence-electron chi connectivity index (χ3n) is 6.01. The summed E-state index contributed by atoms with van der Waals surface area (Å²) in [6.07, 6.45) is -0.126. The van der Waals surface area contributed by atoms with Gasteiger partial charge in [0, 0.05) is 12.1 Å². The summed E-state index contributed by atoms with van der Waals surface area (Å²) in [5, 5.41) is 1.54. The molecule has 1 unspecified atom stereocenters. The Morgan fingerprint density at radius 1 is 0.805 bits per heavy atom. The first kappa shape index (κ1) is 30.3. The smallest absolute Gasteiger partial charge is 0.338 e. The van der Waals surface area contributed by atoms with Gasteiger partial charge in [0.15, 0.2) is 6.61 Å². The number of esters is 2. The fourth-order valence-corrected chi connectivity index (χ4v) is 5.12. The van der Waals surface area contributed by atoms with Gasteiger partial charge in [0.1, 0.15) is 6.04 Å². The molecule has 0 aromatic heterocycles. The molecule has 0 saturated carbocycles. The van der Waals surface area contributed by atoms with Crippen LogP contribution >= 0.6 is 46.4 Å². The van der Waals surface area contributed by atoms with Crippen molar-refractivity contribution >= 4 is 81.8 Å². The summed E-state index contributed by atoms with van der Waals surface area (Å²) in [4.78, 5) is 65.1. The molecule has 41 heavy (non-hydrogen) atoms. The predicted molar refractivity (Wildman–Crippen MR) is 153 cm³/mol. The van der Waals surface area contributed by atoms with E-state index in [-0.39, 0.29) is 44.2 Å². The number of hydrogen-bond donors (Lipinski definition) is 1. The van der Waals surface area contributed by atoms with Crippen LogP contribution in [0.1, 0.15) is 43.6 Å². The number of amides is 3. The van der Waals surface area contributed by atoms with Gasteiger partial charge < -0.3 is 14.8 Å². The van der Waals surface area contributed by atoms with Crippen LogP contribution in [0.3, 0.4) is 0 Å². The number of carbonyl (C=O) groups excluding carboxylic acids is 5. The normalized spacial score (nSPS) is 13.0. The molecule has 1 N–H and O–H groups in total. The lowest BCUT2D eigenvalue weighted by Gasteiger charge is -2.24. The number of ether oxygens (including phenoxy) is 2. The van der Waals surface area contributed by atoms with Crippen molar-refractivity contribution in [3.05, 3.63) is 96.9 Å². The number of halogens is 4. The first-order valence-electron chi connectivity index (χ1n) is 12.1. The molecule has 0 radical (unpaired) electrons. The summed E-state index contributed by atoms with van der Waals surface area (Å²) >= 11 is 24.7. The molecular weight excluding hydrogens is 618 g/mol. The van der Waals surface area contributed by atoms with E-state index < -0.39 is 42.3 Å². The molecule has 0 fully saturated rings. The number of rotatable bonds is 9. The minimum absolute atomic E-state index is 0.126. The molecule has 3 aromatic carbocycles. The van der Waals surface area contributed by atoms with Crippen molar-refractivity contribution in [3.63, 3.8) is 0 Å². The lowest BCUT2D eigenvalue weighted by atomic mass is 10.0. The van der Waals surface area contributed by atoms with Crippen molar-refractivity contribution in [3.8, 4) is 0 Å². The topological polar surface area (TPSA) is 119 Å². The van der Waals surface area contributed by atoms with Crippen molar-refractivity contribution in [2.45, 2.75) is 19.4 Å². The number of carbonyl (C=O) groups is 5. The van der Waals surface area contributed by atoms with E-state index in [0.717, 1.165) is 0 Å². The van der Waals surface area contributed by atoms with E-state index in [1.807, 2.05) is 0 Å². The molecule has 0 spiro atoms. The largest absolute Gasteiger partial charge is 0.462 e. The molecule has 3 aromatic rings. The third-order valence-corrected chi connectivity index (χ3v) is 7.82. The Morgan fingerprint density at radius 3 is 1.90 bits per heavy atom. The maximum atomic E-state index is 13.4. The van der Waals surface area contributed by atoms with Crippen molar-refractivity contribution < 1.29 is 33.4 Å². The van der Waals surface area contributed by atoms with Gasteiger partial charge in [0.2, 0.25) is 0 Å². The second-order valence-electron chi connectivity index (χ2n) is 8.65. The molecule has 1 heterocycles. The monoisotopic (exact) mass is 636 g/mol. The van der Waals surface area contributed by atoms with Crippen LogP contribution in [0.15, 0.2) is 54.6 Å². The van der Waals surface area contributed by atoms with Crippen LogP contribution in [0.4, 0.5) is 5.69 Å². The van der Waals surface area contributed by atoms with Gasteiger partial charge in [-0.25, -0.2) is 9.59 Å². The van der Waals surface area contributed by atoms with E-state index >= 15 is 0 Å². The van der Waals surface area contributed by atoms with Crippen LogP contribution in [0.25, 0.3) is 0 Å². The molecule has 4 rings (SSSR count). The first-order chi connectivity index (χ1) is 19.5. The number of imide groups is 1. The number of benzene rings is 3. The van der Waals surface area contributed by atoms with Gasteiger partial charge in [-0.3, -0.25) is 19.3 Å². The van der Waals surface area contributed by atoms with Crippen LogP contribution < -0.4 is 5.32 Å². The van der Waals surface area contributed by atoms with Gasteiger partial charge in [-0.05, 0) is 36.8 Å². The Bertz CT molecular complexity index is 1500. The Morgan fingerprint density at radius 2 is 1.37 bits per heavy atom. The van der Waals surface area contributed by atoms with Crippen LogP contribution in [-0.2, 0) is 25.5 Å². The molecule has 0 aliphatic carbocycles. The van der Waals surface area contributed by atoms with Crippen LogP contribution in [0.5, 0.6) is 0 Å². The van der Waals surface area contributed by atoms with Gasteiger partial charge in [-0.2, -0.15) is 0 Å². The zero-order chi connectivity index (χ0) is 29.8. The fraction of sp³-hybridized carbons (Fsp3) is 0.179. The van der Waals surface area contributed by atoms with E-state index in [9.17, 15) is 24.0 Å². The molecule has 13 heteroatoms. The highest BCUT2D eigenvalue weighted by Crippen LogP contribution is 2.45. The van der Waals surface area contributed by atoms with E-state index in [0.29, 0.717) is 21.7 Å². The lowest BCUT2D eigenvalue weighted by Crippen LogP contribution is -2.47. The second-order valence-corrected chi connectivity index (χ2v) is 10.2. The zero-order valence-corrected chi connectivity index (χ0v) is 24.2. The third kappa shape index (κ3) is 6.33. The summed E-state index contributed by atoms with van der Waals surface area (Å²) in [5.41, 5.74) is 0.657. The SMILES string of the molecule is CCOC(=O)c1ccc(NC(=O)COC(=O)C(Cc2ccccc2)N2C(=O)c3c(Cl)c(Cl)c(Cl)c(Cl)c3C2=O)cc1. The number of hydrogen-bond acceptors (Lipinski definition) is 7. The Kier molecular flexibility index (Phi) is 9.55. The lowest BCUT2D eigenvalue weighted by molar-refractivity contribution is -0.151. The van der Waals surface area contributed by atoms with Gasteiger partial charge in [-0.15, -0.1) is 0 Å². The molecular formula is C28H20Cl4N2O7. The molecule has 0 saturated heterocycles. The number of nitrogens with zero attached hydrogens (tertiary/aromatic N) is 1. The summed E-state index contributed by atoms with van der Waals surface area (Å²) < 4.78 is 10.1. The maximum absolute atomic E-state index is 13.4. The average molecular weight is 638 g/mol. The van der Waals surface area contributed by atoms with Crippen molar-refractivity contribution in [1.29, 1.82) is 0 Å². The highest BCUT2D eigenvalue weighted by Gasteiger charge is 2.47. The van der Waals surface area contributed by atoms with Gasteiger partial charge in [-0.1, -0.05) is 76.7 Å². The van der Waals surface area contributed by atoms with Crippen LogP contribution in [-0.4, -0.2) is 53.8 Å². The maximum Gasteiger partial charge on any atom is 0.338 e. The average Bonchev–Trinajstić information content (AvgIpc) is 3.23. The molecule has 1 aliphatic heterocycles. The Balaban J connectivity index is 1.53. The highest BCUT2D eigenvalue weighted by molar-refractivity contribution is 6.55. The van der Waals surface area contributed by atoms with E-state index in [2.05, 4.69) is 5.32 Å². The predicted octanol–water partition coefficient (Wildman–Crippen LogP) is 5.87.